The molecule has 5 aromatic rings. The minimum absolute atomic E-state index is 0.00359. The van der Waals surface area contributed by atoms with Gasteiger partial charge in [-0.25, -0.2) is 4.79 Å². The second kappa shape index (κ2) is 16.0. The van der Waals surface area contributed by atoms with Crippen LogP contribution in [0.4, 0.5) is 5.69 Å². The Morgan fingerprint density at radius 1 is 0.843 bits per heavy atom. The van der Waals surface area contributed by atoms with Crippen LogP contribution < -0.4 is 20.7 Å². The van der Waals surface area contributed by atoms with Gasteiger partial charge in [0.25, 0.3) is 11.2 Å². The second-order valence-corrected chi connectivity index (χ2v) is 11.8. The average molecular weight is 696 g/mol. The standard InChI is InChI=1S/C38H37N3O10/c1-46-30-16-12-28(13-17-30)38(27-9-4-3-5-10-27,29-14-18-31(47-2)19-15-29)50-24-34-33(22-36(51-34)40-21-20-35(42)39-37(40)43)49-25-48-23-26-8-6-7-11-32(26)41(44)45/h3-21,33-34,36H,22-25H2,1-2H3,(H,39,42,43)/t33-,34-,36-/m1/s1. The Labute approximate surface area is 293 Å². The van der Waals surface area contributed by atoms with E-state index in [4.69, 9.17) is 28.4 Å². The molecule has 3 atom stereocenters. The molecule has 1 aliphatic rings. The largest absolute Gasteiger partial charge is 0.497 e. The van der Waals surface area contributed by atoms with Gasteiger partial charge in [0.15, 0.2) is 0 Å². The smallest absolute Gasteiger partial charge is 0.330 e. The summed E-state index contributed by atoms with van der Waals surface area (Å²) >= 11 is 0. The highest BCUT2D eigenvalue weighted by Gasteiger charge is 2.43. The quantitative estimate of drug-likeness (QED) is 0.0501. The van der Waals surface area contributed by atoms with Gasteiger partial charge in [-0.05, 0) is 47.0 Å². The van der Waals surface area contributed by atoms with Gasteiger partial charge in [-0.1, -0.05) is 66.7 Å². The van der Waals surface area contributed by atoms with E-state index < -0.39 is 40.2 Å². The molecule has 51 heavy (non-hydrogen) atoms. The minimum atomic E-state index is -1.15. The summed E-state index contributed by atoms with van der Waals surface area (Å²) in [7, 11) is 3.21. The molecule has 1 saturated heterocycles. The summed E-state index contributed by atoms with van der Waals surface area (Å²) in [6, 6.07) is 32.6. The molecular weight excluding hydrogens is 658 g/mol. The second-order valence-electron chi connectivity index (χ2n) is 11.8. The van der Waals surface area contributed by atoms with Crippen LogP contribution in [0.3, 0.4) is 0 Å². The summed E-state index contributed by atoms with van der Waals surface area (Å²) in [6.07, 6.45) is -0.558. The molecule has 0 amide bonds. The summed E-state index contributed by atoms with van der Waals surface area (Å²) in [5, 5.41) is 11.5. The molecule has 1 fully saturated rings. The fraction of sp³-hybridized carbons (Fsp3) is 0.263. The van der Waals surface area contributed by atoms with Gasteiger partial charge < -0.3 is 28.4 Å². The summed E-state index contributed by atoms with van der Waals surface area (Å²) < 4.78 is 37.6. The van der Waals surface area contributed by atoms with Crippen molar-refractivity contribution in [2.75, 3.05) is 27.6 Å². The number of ether oxygens (including phenoxy) is 6. The van der Waals surface area contributed by atoms with Crippen molar-refractivity contribution in [3.63, 3.8) is 0 Å². The molecule has 0 unspecified atom stereocenters. The van der Waals surface area contributed by atoms with Crippen LogP contribution in [0.2, 0.25) is 0 Å². The van der Waals surface area contributed by atoms with Crippen molar-refractivity contribution in [1.29, 1.82) is 0 Å². The summed E-state index contributed by atoms with van der Waals surface area (Å²) in [5.74, 6) is 1.36. The first-order valence-corrected chi connectivity index (χ1v) is 16.2. The van der Waals surface area contributed by atoms with E-state index in [1.165, 1.54) is 22.9 Å². The molecule has 0 bridgehead atoms. The van der Waals surface area contributed by atoms with Gasteiger partial charge in [-0.15, -0.1) is 0 Å². The predicted molar refractivity (Wildman–Crippen MR) is 186 cm³/mol. The lowest BCUT2D eigenvalue weighted by Gasteiger charge is -2.37. The number of aromatic nitrogens is 2. The molecule has 0 saturated carbocycles. The van der Waals surface area contributed by atoms with Gasteiger partial charge in [-0.2, -0.15) is 0 Å². The number of hydrogen-bond acceptors (Lipinski definition) is 10. The molecule has 13 nitrogen and oxygen atoms in total. The maximum Gasteiger partial charge on any atom is 0.330 e. The normalized spacial score (nSPS) is 17.3. The Hall–Kier alpha value is -5.60. The van der Waals surface area contributed by atoms with Crippen LogP contribution in [0.1, 0.15) is 34.9 Å². The molecule has 1 aromatic heterocycles. The van der Waals surface area contributed by atoms with Crippen LogP contribution in [0, 0.1) is 10.1 Å². The minimum Gasteiger partial charge on any atom is -0.497 e. The van der Waals surface area contributed by atoms with E-state index in [1.54, 1.807) is 32.4 Å². The highest BCUT2D eigenvalue weighted by Crippen LogP contribution is 2.43. The lowest BCUT2D eigenvalue weighted by Crippen LogP contribution is -2.38. The Morgan fingerprint density at radius 3 is 2.06 bits per heavy atom. The molecule has 0 aliphatic carbocycles. The monoisotopic (exact) mass is 695 g/mol. The molecule has 13 heteroatoms. The molecule has 0 spiro atoms. The van der Waals surface area contributed by atoms with Crippen molar-refractivity contribution < 1.29 is 33.3 Å². The van der Waals surface area contributed by atoms with Gasteiger partial charge >= 0.3 is 5.69 Å². The van der Waals surface area contributed by atoms with Crippen LogP contribution in [-0.4, -0.2) is 54.3 Å². The van der Waals surface area contributed by atoms with E-state index in [0.29, 0.717) is 17.1 Å². The van der Waals surface area contributed by atoms with E-state index in [9.17, 15) is 19.7 Å². The number of methoxy groups -OCH3 is 2. The number of hydrogen-bond donors (Lipinski definition) is 1. The van der Waals surface area contributed by atoms with E-state index >= 15 is 0 Å². The predicted octanol–water partition coefficient (Wildman–Crippen LogP) is 5.32. The third kappa shape index (κ3) is 7.76. The molecule has 1 aliphatic heterocycles. The van der Waals surface area contributed by atoms with Crippen molar-refractivity contribution in [3.8, 4) is 11.5 Å². The van der Waals surface area contributed by atoms with E-state index in [0.717, 1.165) is 16.7 Å². The first-order valence-electron chi connectivity index (χ1n) is 16.2. The van der Waals surface area contributed by atoms with Crippen molar-refractivity contribution in [2.45, 2.75) is 37.1 Å². The van der Waals surface area contributed by atoms with Crippen molar-refractivity contribution in [3.05, 3.63) is 169 Å². The zero-order chi connectivity index (χ0) is 35.8. The highest BCUT2D eigenvalue weighted by molar-refractivity contribution is 5.49. The summed E-state index contributed by atoms with van der Waals surface area (Å²) in [4.78, 5) is 37.9. The zero-order valence-corrected chi connectivity index (χ0v) is 28.0. The fourth-order valence-electron chi connectivity index (χ4n) is 6.23. The number of benzene rings is 4. The fourth-order valence-corrected chi connectivity index (χ4v) is 6.23. The Kier molecular flexibility index (Phi) is 11.0. The number of para-hydroxylation sites is 1. The van der Waals surface area contributed by atoms with Gasteiger partial charge in [0.05, 0.1) is 44.0 Å². The van der Waals surface area contributed by atoms with Crippen molar-refractivity contribution in [1.82, 2.24) is 9.55 Å². The van der Waals surface area contributed by atoms with Crippen LogP contribution in [0.15, 0.2) is 125 Å². The van der Waals surface area contributed by atoms with Gasteiger partial charge in [0, 0.05) is 24.8 Å². The van der Waals surface area contributed by atoms with Crippen molar-refractivity contribution in [2.24, 2.45) is 0 Å². The van der Waals surface area contributed by atoms with E-state index in [1.807, 2.05) is 78.9 Å². The molecule has 0 radical (unpaired) electrons. The maximum atomic E-state index is 12.8. The van der Waals surface area contributed by atoms with Gasteiger partial charge in [0.1, 0.15) is 36.2 Å². The van der Waals surface area contributed by atoms with E-state index in [-0.39, 0.29) is 32.1 Å². The first-order chi connectivity index (χ1) is 24.8. The number of aromatic amines is 1. The number of nitro groups is 1. The number of rotatable bonds is 15. The molecular formula is C38H37N3O10. The third-order valence-electron chi connectivity index (χ3n) is 8.79. The maximum absolute atomic E-state index is 12.8. The number of nitrogens with one attached hydrogen (secondary N) is 1. The van der Waals surface area contributed by atoms with Gasteiger partial charge in [0.2, 0.25) is 0 Å². The van der Waals surface area contributed by atoms with Crippen molar-refractivity contribution >= 4 is 5.69 Å². The number of nitrogens with zero attached hydrogens (tertiary/aromatic N) is 2. The van der Waals surface area contributed by atoms with Crippen LogP contribution in [0.5, 0.6) is 11.5 Å². The van der Waals surface area contributed by atoms with Crippen LogP contribution in [0.25, 0.3) is 0 Å². The summed E-state index contributed by atoms with van der Waals surface area (Å²) in [6.45, 7) is -0.276. The molecule has 4 aromatic carbocycles. The Morgan fingerprint density at radius 2 is 1.45 bits per heavy atom. The Bertz CT molecular complexity index is 1980. The lowest BCUT2D eigenvalue weighted by atomic mass is 9.80. The molecule has 6 rings (SSSR count). The molecule has 2 heterocycles. The Balaban J connectivity index is 1.32. The lowest BCUT2D eigenvalue weighted by molar-refractivity contribution is -0.386. The number of nitro benzene ring substituents is 1. The number of H-pyrrole nitrogens is 1. The molecule has 1 N–H and O–H groups in total. The summed E-state index contributed by atoms with van der Waals surface area (Å²) in [5.41, 5.74) is 0.513. The molecule has 264 valence electrons. The van der Waals surface area contributed by atoms with Gasteiger partial charge in [-0.3, -0.25) is 24.5 Å². The zero-order valence-electron chi connectivity index (χ0n) is 28.0. The van der Waals surface area contributed by atoms with Crippen LogP contribution in [-0.2, 0) is 31.2 Å². The topological polar surface area (TPSA) is 153 Å². The van der Waals surface area contributed by atoms with E-state index in [2.05, 4.69) is 4.98 Å². The van der Waals surface area contributed by atoms with Crippen LogP contribution >= 0.6 is 0 Å². The average Bonchev–Trinajstić information content (AvgIpc) is 3.57. The highest BCUT2D eigenvalue weighted by atomic mass is 16.7. The first kappa shape index (κ1) is 35.2. The SMILES string of the molecule is COc1ccc(C(OC[C@H]2O[C@@H](n3ccc(=O)[nH]c3=O)C[C@H]2OCOCc2ccccc2[N+](=O)[O-])(c2ccccc2)c2ccc(OC)cc2)cc1. The third-order valence-corrected chi connectivity index (χ3v) is 8.79.